The number of nitrogens with two attached hydrogens (primary N) is 1. The van der Waals surface area contributed by atoms with E-state index in [0.717, 1.165) is 0 Å². The molecule has 1 aromatic rings. The maximum Gasteiger partial charge on any atom is 0.310 e. The lowest BCUT2D eigenvalue weighted by Gasteiger charge is -2.26. The number of carbonyl (C=O) groups is 1. The highest BCUT2D eigenvalue weighted by atomic mass is 19.1. The van der Waals surface area contributed by atoms with Crippen LogP contribution in [-0.2, 0) is 9.53 Å². The van der Waals surface area contributed by atoms with Crippen molar-refractivity contribution in [2.75, 3.05) is 14.2 Å². The van der Waals surface area contributed by atoms with Gasteiger partial charge in [-0.05, 0) is 24.1 Å². The van der Waals surface area contributed by atoms with Crippen molar-refractivity contribution < 1.29 is 18.7 Å². The van der Waals surface area contributed by atoms with Crippen molar-refractivity contribution in [3.05, 3.63) is 29.6 Å². The second-order valence-corrected chi connectivity index (χ2v) is 4.71. The van der Waals surface area contributed by atoms with Crippen molar-refractivity contribution in [1.29, 1.82) is 0 Å². The van der Waals surface area contributed by atoms with Crippen LogP contribution in [0.15, 0.2) is 18.2 Å². The molecule has 0 aromatic heterocycles. The minimum atomic E-state index is -0.682. The molecule has 0 radical (unpaired) electrons. The number of halogens is 1. The summed E-state index contributed by atoms with van der Waals surface area (Å²) in [6, 6.07) is 3.40. The van der Waals surface area contributed by atoms with E-state index in [1.807, 2.05) is 13.8 Å². The van der Waals surface area contributed by atoms with Crippen LogP contribution < -0.4 is 10.5 Å². The Hall–Kier alpha value is -1.62. The largest absolute Gasteiger partial charge is 0.496 e. The van der Waals surface area contributed by atoms with Crippen molar-refractivity contribution in [3.8, 4) is 5.75 Å². The van der Waals surface area contributed by atoms with Crippen LogP contribution in [0.3, 0.4) is 0 Å². The predicted octanol–water partition coefficient (Wildman–Crippen LogP) is 2.28. The quantitative estimate of drug-likeness (QED) is 0.833. The molecule has 0 fully saturated rings. The Balaban J connectivity index is 3.19. The number of rotatable bonds is 5. The molecule has 0 saturated carbocycles. The zero-order valence-electron chi connectivity index (χ0n) is 11.6. The third-order valence-corrected chi connectivity index (χ3v) is 3.13. The van der Waals surface area contributed by atoms with Gasteiger partial charge in [0.1, 0.15) is 11.6 Å². The second-order valence-electron chi connectivity index (χ2n) is 4.71. The molecule has 0 amide bonds. The molecule has 0 saturated heterocycles. The molecule has 1 aromatic carbocycles. The van der Waals surface area contributed by atoms with E-state index >= 15 is 0 Å². The van der Waals surface area contributed by atoms with Gasteiger partial charge in [-0.3, -0.25) is 4.79 Å². The summed E-state index contributed by atoms with van der Waals surface area (Å²) in [5.41, 5.74) is 6.58. The van der Waals surface area contributed by atoms with E-state index in [9.17, 15) is 9.18 Å². The lowest BCUT2D eigenvalue weighted by molar-refractivity contribution is -0.148. The van der Waals surface area contributed by atoms with Crippen LogP contribution in [0.25, 0.3) is 0 Å². The minimum Gasteiger partial charge on any atom is -0.496 e. The first kappa shape index (κ1) is 15.4. The molecule has 2 unspecified atom stereocenters. The van der Waals surface area contributed by atoms with Gasteiger partial charge in [-0.1, -0.05) is 13.8 Å². The second kappa shape index (κ2) is 6.52. The first-order chi connectivity index (χ1) is 8.92. The first-order valence-corrected chi connectivity index (χ1v) is 6.09. The molecule has 1 rings (SSSR count). The van der Waals surface area contributed by atoms with Crippen molar-refractivity contribution in [2.45, 2.75) is 19.9 Å². The van der Waals surface area contributed by atoms with Gasteiger partial charge in [-0.15, -0.1) is 0 Å². The highest BCUT2D eigenvalue weighted by molar-refractivity contribution is 5.74. The van der Waals surface area contributed by atoms with Gasteiger partial charge in [-0.25, -0.2) is 4.39 Å². The zero-order valence-corrected chi connectivity index (χ0v) is 11.6. The van der Waals surface area contributed by atoms with Gasteiger partial charge in [0.05, 0.1) is 20.1 Å². The molecular weight excluding hydrogens is 249 g/mol. The Bertz CT molecular complexity index is 448. The monoisotopic (exact) mass is 269 g/mol. The molecule has 106 valence electrons. The smallest absolute Gasteiger partial charge is 0.310 e. The number of benzene rings is 1. The summed E-state index contributed by atoms with van der Waals surface area (Å²) in [4.78, 5) is 11.8. The van der Waals surface area contributed by atoms with Gasteiger partial charge < -0.3 is 15.2 Å². The number of ether oxygens (including phenoxy) is 2. The van der Waals surface area contributed by atoms with Crippen LogP contribution >= 0.6 is 0 Å². The number of carbonyl (C=O) groups excluding carboxylic acids is 1. The van der Waals surface area contributed by atoms with Gasteiger partial charge >= 0.3 is 5.97 Å². The maximum atomic E-state index is 13.4. The van der Waals surface area contributed by atoms with Crippen LogP contribution in [0, 0.1) is 17.7 Å². The normalized spacial score (nSPS) is 14.1. The number of hydrogen-bond donors (Lipinski definition) is 1. The fourth-order valence-corrected chi connectivity index (χ4v) is 2.13. The van der Waals surface area contributed by atoms with Gasteiger partial charge in [-0.2, -0.15) is 0 Å². The van der Waals surface area contributed by atoms with Gasteiger partial charge in [0.15, 0.2) is 0 Å². The Morgan fingerprint density at radius 2 is 1.95 bits per heavy atom. The van der Waals surface area contributed by atoms with E-state index in [-0.39, 0.29) is 5.92 Å². The summed E-state index contributed by atoms with van der Waals surface area (Å²) in [6.07, 6.45) is 0. The Labute approximate surface area is 112 Å². The molecule has 0 bridgehead atoms. The molecule has 0 spiro atoms. The fraction of sp³-hybridized carbons (Fsp3) is 0.500. The predicted molar refractivity (Wildman–Crippen MR) is 70.2 cm³/mol. The van der Waals surface area contributed by atoms with E-state index in [1.54, 1.807) is 0 Å². The van der Waals surface area contributed by atoms with E-state index in [2.05, 4.69) is 0 Å². The average molecular weight is 269 g/mol. The summed E-state index contributed by atoms with van der Waals surface area (Å²) in [5, 5.41) is 0. The van der Waals surface area contributed by atoms with Crippen molar-refractivity contribution in [1.82, 2.24) is 0 Å². The van der Waals surface area contributed by atoms with E-state index in [0.29, 0.717) is 11.3 Å². The molecule has 19 heavy (non-hydrogen) atoms. The van der Waals surface area contributed by atoms with E-state index in [1.165, 1.54) is 32.4 Å². The third-order valence-electron chi connectivity index (χ3n) is 3.13. The summed E-state index contributed by atoms with van der Waals surface area (Å²) >= 11 is 0. The molecule has 0 aliphatic rings. The maximum absolute atomic E-state index is 13.4. The average Bonchev–Trinajstić information content (AvgIpc) is 2.38. The van der Waals surface area contributed by atoms with Crippen LogP contribution in [0.5, 0.6) is 5.75 Å². The fourth-order valence-electron chi connectivity index (χ4n) is 2.13. The summed E-state index contributed by atoms with van der Waals surface area (Å²) in [6.45, 7) is 3.74. The van der Waals surface area contributed by atoms with Gasteiger partial charge in [0.25, 0.3) is 0 Å². The van der Waals surface area contributed by atoms with Crippen LogP contribution in [-0.4, -0.2) is 20.2 Å². The molecule has 0 heterocycles. The first-order valence-electron chi connectivity index (χ1n) is 6.09. The van der Waals surface area contributed by atoms with E-state index < -0.39 is 23.7 Å². The lowest BCUT2D eigenvalue weighted by Crippen LogP contribution is -2.33. The Morgan fingerprint density at radius 1 is 1.32 bits per heavy atom. The highest BCUT2D eigenvalue weighted by Gasteiger charge is 2.32. The molecule has 2 atom stereocenters. The van der Waals surface area contributed by atoms with Crippen LogP contribution in [0.1, 0.15) is 25.5 Å². The van der Waals surface area contributed by atoms with Crippen LogP contribution in [0.2, 0.25) is 0 Å². The van der Waals surface area contributed by atoms with Crippen molar-refractivity contribution in [3.63, 3.8) is 0 Å². The molecular formula is C14H20FNO3. The van der Waals surface area contributed by atoms with Crippen molar-refractivity contribution in [2.24, 2.45) is 17.6 Å². The molecule has 2 N–H and O–H groups in total. The Morgan fingerprint density at radius 3 is 2.42 bits per heavy atom. The zero-order chi connectivity index (χ0) is 14.6. The van der Waals surface area contributed by atoms with Crippen molar-refractivity contribution >= 4 is 5.97 Å². The topological polar surface area (TPSA) is 61.5 Å². The minimum absolute atomic E-state index is 0.0320. The van der Waals surface area contributed by atoms with Gasteiger partial charge in [0, 0.05) is 11.6 Å². The SMILES string of the molecule is COC(=O)C(C(C)C)C(N)c1cc(F)ccc1OC. The third kappa shape index (κ3) is 3.44. The number of hydrogen-bond acceptors (Lipinski definition) is 4. The standard InChI is InChI=1S/C14H20FNO3/c1-8(2)12(14(17)19-4)13(16)10-7-9(15)5-6-11(10)18-3/h5-8,12-13H,16H2,1-4H3. The lowest BCUT2D eigenvalue weighted by atomic mass is 9.84. The van der Waals surface area contributed by atoms with Gasteiger partial charge in [0.2, 0.25) is 0 Å². The molecule has 0 aliphatic heterocycles. The number of methoxy groups -OCH3 is 2. The van der Waals surface area contributed by atoms with E-state index in [4.69, 9.17) is 15.2 Å². The summed E-state index contributed by atoms with van der Waals surface area (Å²) in [5.74, 6) is -0.952. The number of esters is 1. The Kier molecular flexibility index (Phi) is 5.30. The van der Waals surface area contributed by atoms with Crippen LogP contribution in [0.4, 0.5) is 4.39 Å². The summed E-state index contributed by atoms with van der Waals surface area (Å²) < 4.78 is 23.3. The molecule has 0 aliphatic carbocycles. The molecule has 4 nitrogen and oxygen atoms in total. The summed E-state index contributed by atoms with van der Waals surface area (Å²) in [7, 11) is 2.79. The molecule has 5 heteroatoms. The highest BCUT2D eigenvalue weighted by Crippen LogP contribution is 2.33.